The minimum Gasteiger partial charge on any atom is -0.351 e. The Bertz CT molecular complexity index is 242. The smallest absolute Gasteiger partial charge is 0.105 e. The molecule has 0 aliphatic rings. The van der Waals surface area contributed by atoms with Gasteiger partial charge in [0.15, 0.2) is 0 Å². The SMILES string of the molecule is CCc1ncc[nH]1.c1c[nH]cn1. The fraction of sp³-hybridized carbons (Fsp3) is 0.250. The summed E-state index contributed by atoms with van der Waals surface area (Å²) in [7, 11) is 0. The largest absolute Gasteiger partial charge is 0.351 e. The van der Waals surface area contributed by atoms with Gasteiger partial charge in [-0.25, -0.2) is 9.97 Å². The van der Waals surface area contributed by atoms with E-state index < -0.39 is 0 Å². The highest BCUT2D eigenvalue weighted by Crippen LogP contribution is 1.85. The molecule has 0 aromatic carbocycles. The van der Waals surface area contributed by atoms with Crippen molar-refractivity contribution in [3.8, 4) is 0 Å². The van der Waals surface area contributed by atoms with Gasteiger partial charge in [0.1, 0.15) is 5.82 Å². The average Bonchev–Trinajstić information content (AvgIpc) is 2.81. The quantitative estimate of drug-likeness (QED) is 0.669. The highest BCUT2D eigenvalue weighted by atomic mass is 14.9. The molecule has 2 aromatic heterocycles. The number of hydrogen-bond donors (Lipinski definition) is 2. The van der Waals surface area contributed by atoms with Crippen LogP contribution >= 0.6 is 0 Å². The topological polar surface area (TPSA) is 57.4 Å². The van der Waals surface area contributed by atoms with Crippen molar-refractivity contribution in [1.29, 1.82) is 0 Å². The molecular weight excluding hydrogens is 152 g/mol. The van der Waals surface area contributed by atoms with E-state index >= 15 is 0 Å². The molecule has 0 unspecified atom stereocenters. The van der Waals surface area contributed by atoms with Gasteiger partial charge in [-0.05, 0) is 0 Å². The minimum atomic E-state index is 0.993. The van der Waals surface area contributed by atoms with Crippen LogP contribution in [0.25, 0.3) is 0 Å². The van der Waals surface area contributed by atoms with E-state index in [-0.39, 0.29) is 0 Å². The van der Waals surface area contributed by atoms with E-state index in [2.05, 4.69) is 26.9 Å². The molecule has 0 atom stereocenters. The lowest BCUT2D eigenvalue weighted by Crippen LogP contribution is -1.78. The Morgan fingerprint density at radius 2 is 2.25 bits per heavy atom. The Labute approximate surface area is 71.1 Å². The first-order chi connectivity index (χ1) is 5.93. The summed E-state index contributed by atoms with van der Waals surface area (Å²) in [6.07, 6.45) is 9.67. The Balaban J connectivity index is 0.000000127. The van der Waals surface area contributed by atoms with Crippen molar-refractivity contribution in [3.05, 3.63) is 36.9 Å². The van der Waals surface area contributed by atoms with Crippen LogP contribution in [0.15, 0.2) is 31.1 Å². The highest BCUT2D eigenvalue weighted by Gasteiger charge is 1.82. The van der Waals surface area contributed by atoms with E-state index in [4.69, 9.17) is 0 Å². The maximum atomic E-state index is 3.98. The van der Waals surface area contributed by atoms with Gasteiger partial charge in [0.2, 0.25) is 0 Å². The molecular formula is C8H12N4. The summed E-state index contributed by atoms with van der Waals surface area (Å²) in [6.45, 7) is 2.07. The number of aryl methyl sites for hydroxylation is 1. The van der Waals surface area contributed by atoms with Gasteiger partial charge in [-0.15, -0.1) is 0 Å². The number of H-pyrrole nitrogens is 2. The fourth-order valence-corrected chi connectivity index (χ4v) is 0.706. The number of hydrogen-bond acceptors (Lipinski definition) is 2. The van der Waals surface area contributed by atoms with Crippen molar-refractivity contribution in [3.63, 3.8) is 0 Å². The van der Waals surface area contributed by atoms with Crippen LogP contribution in [0.5, 0.6) is 0 Å². The summed E-state index contributed by atoms with van der Waals surface area (Å²) in [5, 5.41) is 0. The molecule has 64 valence electrons. The lowest BCUT2D eigenvalue weighted by atomic mass is 10.5. The molecule has 0 radical (unpaired) electrons. The van der Waals surface area contributed by atoms with Crippen molar-refractivity contribution in [1.82, 2.24) is 19.9 Å². The standard InChI is InChI=1S/C5H8N2.C3H4N2/c1-2-5-6-3-4-7-5;1-2-5-3-4-1/h3-4H,2H2,1H3,(H,6,7);1-3H,(H,4,5). The lowest BCUT2D eigenvalue weighted by Gasteiger charge is -1.79. The molecule has 4 heteroatoms. The first-order valence-corrected chi connectivity index (χ1v) is 3.84. The second-order valence-corrected chi connectivity index (χ2v) is 2.15. The Morgan fingerprint density at radius 3 is 2.50 bits per heavy atom. The molecule has 0 bridgehead atoms. The Kier molecular flexibility index (Phi) is 3.63. The van der Waals surface area contributed by atoms with E-state index in [9.17, 15) is 0 Å². The van der Waals surface area contributed by atoms with Gasteiger partial charge in [-0.2, -0.15) is 0 Å². The number of aromatic nitrogens is 4. The number of nitrogens with one attached hydrogen (secondary N) is 2. The van der Waals surface area contributed by atoms with Gasteiger partial charge in [0.05, 0.1) is 6.33 Å². The van der Waals surface area contributed by atoms with E-state index in [1.807, 2.05) is 6.20 Å². The Hall–Kier alpha value is -1.58. The summed E-state index contributed by atoms with van der Waals surface area (Å²) in [5.41, 5.74) is 0. The monoisotopic (exact) mass is 164 g/mol. The average molecular weight is 164 g/mol. The van der Waals surface area contributed by atoms with E-state index in [0.29, 0.717) is 0 Å². The first kappa shape index (κ1) is 8.52. The molecule has 4 nitrogen and oxygen atoms in total. The number of aromatic amines is 2. The second kappa shape index (κ2) is 5.12. The molecule has 0 spiro atoms. The zero-order chi connectivity index (χ0) is 8.65. The molecule has 12 heavy (non-hydrogen) atoms. The summed E-state index contributed by atoms with van der Waals surface area (Å²) >= 11 is 0. The predicted molar refractivity (Wildman–Crippen MR) is 46.6 cm³/mol. The number of rotatable bonds is 1. The molecule has 2 rings (SSSR count). The molecule has 2 N–H and O–H groups in total. The minimum absolute atomic E-state index is 0.993. The number of imidazole rings is 2. The fourth-order valence-electron chi connectivity index (χ4n) is 0.706. The second-order valence-electron chi connectivity index (χ2n) is 2.15. The van der Waals surface area contributed by atoms with Gasteiger partial charge in [-0.3, -0.25) is 0 Å². The van der Waals surface area contributed by atoms with Gasteiger partial charge >= 0.3 is 0 Å². The van der Waals surface area contributed by atoms with Crippen molar-refractivity contribution in [2.45, 2.75) is 13.3 Å². The first-order valence-electron chi connectivity index (χ1n) is 3.84. The summed E-state index contributed by atoms with van der Waals surface area (Å²) < 4.78 is 0. The molecule has 0 saturated heterocycles. The third kappa shape index (κ3) is 3.01. The molecule has 2 heterocycles. The van der Waals surface area contributed by atoms with E-state index in [1.165, 1.54) is 0 Å². The van der Waals surface area contributed by atoms with Gasteiger partial charge < -0.3 is 9.97 Å². The van der Waals surface area contributed by atoms with Crippen LogP contribution in [0.1, 0.15) is 12.7 Å². The molecule has 2 aromatic rings. The van der Waals surface area contributed by atoms with Crippen LogP contribution in [-0.4, -0.2) is 19.9 Å². The van der Waals surface area contributed by atoms with Crippen LogP contribution in [0.2, 0.25) is 0 Å². The maximum Gasteiger partial charge on any atom is 0.105 e. The van der Waals surface area contributed by atoms with Crippen LogP contribution in [0.3, 0.4) is 0 Å². The van der Waals surface area contributed by atoms with Gasteiger partial charge in [-0.1, -0.05) is 6.92 Å². The van der Waals surface area contributed by atoms with Crippen LogP contribution < -0.4 is 0 Å². The molecule has 0 amide bonds. The summed E-state index contributed by atoms with van der Waals surface area (Å²) in [5.74, 6) is 1.06. The van der Waals surface area contributed by atoms with E-state index in [1.54, 1.807) is 24.9 Å². The van der Waals surface area contributed by atoms with Gasteiger partial charge in [0.25, 0.3) is 0 Å². The Morgan fingerprint density at radius 1 is 1.33 bits per heavy atom. The van der Waals surface area contributed by atoms with Crippen LogP contribution in [0, 0.1) is 0 Å². The maximum absolute atomic E-state index is 3.98. The van der Waals surface area contributed by atoms with E-state index in [0.717, 1.165) is 12.2 Å². The number of nitrogens with zero attached hydrogens (tertiary/aromatic N) is 2. The van der Waals surface area contributed by atoms with Crippen molar-refractivity contribution in [2.24, 2.45) is 0 Å². The zero-order valence-corrected chi connectivity index (χ0v) is 6.99. The van der Waals surface area contributed by atoms with Crippen LogP contribution in [-0.2, 0) is 6.42 Å². The molecule has 0 aliphatic carbocycles. The highest BCUT2D eigenvalue weighted by molar-refractivity contribution is 4.84. The van der Waals surface area contributed by atoms with Crippen molar-refractivity contribution < 1.29 is 0 Å². The normalized spacial score (nSPS) is 8.75. The summed E-state index contributed by atoms with van der Waals surface area (Å²) in [6, 6.07) is 0. The third-order valence-electron chi connectivity index (χ3n) is 1.30. The van der Waals surface area contributed by atoms with Gasteiger partial charge in [0, 0.05) is 31.2 Å². The van der Waals surface area contributed by atoms with Crippen molar-refractivity contribution in [2.75, 3.05) is 0 Å². The van der Waals surface area contributed by atoms with Crippen LogP contribution in [0.4, 0.5) is 0 Å². The molecule has 0 aliphatic heterocycles. The summed E-state index contributed by atoms with van der Waals surface area (Å²) in [4.78, 5) is 13.4. The zero-order valence-electron chi connectivity index (χ0n) is 6.99. The predicted octanol–water partition coefficient (Wildman–Crippen LogP) is 1.38. The lowest BCUT2D eigenvalue weighted by molar-refractivity contribution is 0.990. The van der Waals surface area contributed by atoms with Crippen molar-refractivity contribution >= 4 is 0 Å². The molecule has 0 fully saturated rings. The third-order valence-corrected chi connectivity index (χ3v) is 1.30. The molecule has 0 saturated carbocycles.